The average molecular weight is 441 g/mol. The molecule has 1 heterocycles. The predicted molar refractivity (Wildman–Crippen MR) is 131 cm³/mol. The average Bonchev–Trinajstić information content (AvgIpc) is 2.67. The van der Waals surface area contributed by atoms with Crippen LogP contribution in [-0.4, -0.2) is 35.1 Å². The number of rotatable bonds is 11. The first-order chi connectivity index (χ1) is 15.0. The zero-order valence-corrected chi connectivity index (χ0v) is 20.0. The maximum atomic E-state index is 11.3. The molecule has 1 atom stereocenters. The lowest BCUT2D eigenvalue weighted by Crippen LogP contribution is -2.31. The van der Waals surface area contributed by atoms with Crippen LogP contribution in [0.2, 0.25) is 0 Å². The van der Waals surface area contributed by atoms with Crippen molar-refractivity contribution in [1.29, 1.82) is 0 Å². The van der Waals surface area contributed by atoms with Gasteiger partial charge in [0, 0.05) is 20.0 Å². The zero-order chi connectivity index (χ0) is 23.8. The Labute approximate surface area is 191 Å². The van der Waals surface area contributed by atoms with Gasteiger partial charge in [-0.2, -0.15) is 0 Å². The van der Waals surface area contributed by atoms with Gasteiger partial charge in [-0.1, -0.05) is 40.7 Å². The molecule has 0 saturated carbocycles. The highest BCUT2D eigenvalue weighted by atomic mass is 16.4. The molecule has 7 heteroatoms. The number of nitrogens with one attached hydrogen (secondary N) is 2. The summed E-state index contributed by atoms with van der Waals surface area (Å²) < 4.78 is 0. The molecule has 2 aromatic rings. The molecule has 0 bridgehead atoms. The van der Waals surface area contributed by atoms with Crippen LogP contribution in [0.25, 0.3) is 0 Å². The van der Waals surface area contributed by atoms with Crippen LogP contribution in [0, 0.1) is 11.8 Å². The monoisotopic (exact) mass is 440 g/mol. The molecule has 0 aliphatic carbocycles. The lowest BCUT2D eigenvalue weighted by atomic mass is 9.96. The van der Waals surface area contributed by atoms with Crippen molar-refractivity contribution in [2.75, 3.05) is 28.6 Å². The van der Waals surface area contributed by atoms with Gasteiger partial charge in [-0.3, -0.25) is 9.59 Å². The molecule has 0 spiro atoms. The third-order valence-electron chi connectivity index (χ3n) is 4.93. The van der Waals surface area contributed by atoms with Gasteiger partial charge in [0.15, 0.2) is 0 Å². The maximum absolute atomic E-state index is 11.3. The van der Waals surface area contributed by atoms with E-state index in [1.165, 1.54) is 6.92 Å². The first kappa shape index (κ1) is 25.2. The number of aliphatic carboxylic acids is 1. The molecule has 174 valence electrons. The van der Waals surface area contributed by atoms with Crippen LogP contribution >= 0.6 is 0 Å². The number of benzene rings is 1. The number of pyridine rings is 1. The summed E-state index contributed by atoms with van der Waals surface area (Å²) in [6, 6.07) is 9.74. The quantitative estimate of drug-likeness (QED) is 0.428. The summed E-state index contributed by atoms with van der Waals surface area (Å²) in [6.07, 6.45) is 1.68. The standard InChI is InChI=1S/C25H36N4O3/c1-16(2)14-29(15-17(3)4)23-9-7-20(18(5)11-25(31)32)12-22(23)28-24-10-8-21(13-26-24)27-19(6)30/h7-10,12-13,16-18H,11,14-15H2,1-6H3,(H,26,28)(H,27,30)(H,31,32). The van der Waals surface area contributed by atoms with Crippen LogP contribution in [-0.2, 0) is 9.59 Å². The fraction of sp³-hybridized carbons (Fsp3) is 0.480. The second-order valence-corrected chi connectivity index (χ2v) is 9.21. The third kappa shape index (κ3) is 7.87. The molecule has 2 rings (SSSR count). The molecule has 7 nitrogen and oxygen atoms in total. The third-order valence-corrected chi connectivity index (χ3v) is 4.93. The van der Waals surface area contributed by atoms with Crippen molar-refractivity contribution in [3.05, 3.63) is 42.1 Å². The van der Waals surface area contributed by atoms with Crippen LogP contribution in [0.1, 0.15) is 59.4 Å². The summed E-state index contributed by atoms with van der Waals surface area (Å²) >= 11 is 0. The smallest absolute Gasteiger partial charge is 0.303 e. The topological polar surface area (TPSA) is 94.6 Å². The van der Waals surface area contributed by atoms with E-state index in [-0.39, 0.29) is 18.2 Å². The van der Waals surface area contributed by atoms with Crippen LogP contribution < -0.4 is 15.5 Å². The Morgan fingerprint density at radius 3 is 2.19 bits per heavy atom. The lowest BCUT2D eigenvalue weighted by molar-refractivity contribution is -0.137. The van der Waals surface area contributed by atoms with E-state index in [1.807, 2.05) is 25.1 Å². The van der Waals surface area contributed by atoms with Crippen molar-refractivity contribution in [2.24, 2.45) is 11.8 Å². The summed E-state index contributed by atoms with van der Waals surface area (Å²) in [5, 5.41) is 15.3. The normalized spacial score (nSPS) is 12.0. The largest absolute Gasteiger partial charge is 0.481 e. The van der Waals surface area contributed by atoms with Crippen LogP contribution in [0.5, 0.6) is 0 Å². The lowest BCUT2D eigenvalue weighted by Gasteiger charge is -2.31. The van der Waals surface area contributed by atoms with E-state index in [0.717, 1.165) is 30.0 Å². The van der Waals surface area contributed by atoms with Gasteiger partial charge in [-0.15, -0.1) is 0 Å². The Morgan fingerprint density at radius 2 is 1.69 bits per heavy atom. The number of aromatic nitrogens is 1. The summed E-state index contributed by atoms with van der Waals surface area (Å²) in [6.45, 7) is 14.0. The van der Waals surface area contributed by atoms with Gasteiger partial charge in [0.2, 0.25) is 5.91 Å². The van der Waals surface area contributed by atoms with Gasteiger partial charge in [0.1, 0.15) is 5.82 Å². The fourth-order valence-corrected chi connectivity index (χ4v) is 3.65. The van der Waals surface area contributed by atoms with Crippen molar-refractivity contribution in [3.8, 4) is 0 Å². The minimum Gasteiger partial charge on any atom is -0.481 e. The molecule has 0 fully saturated rings. The summed E-state index contributed by atoms with van der Waals surface area (Å²) in [5.41, 5.74) is 3.54. The van der Waals surface area contributed by atoms with Gasteiger partial charge < -0.3 is 20.6 Å². The minimum absolute atomic E-state index is 0.0736. The number of carboxylic acid groups (broad SMARTS) is 1. The highest BCUT2D eigenvalue weighted by Crippen LogP contribution is 2.34. The van der Waals surface area contributed by atoms with Crippen LogP contribution in [0.15, 0.2) is 36.5 Å². The van der Waals surface area contributed by atoms with Crippen molar-refractivity contribution in [3.63, 3.8) is 0 Å². The van der Waals surface area contributed by atoms with E-state index in [0.29, 0.717) is 23.3 Å². The molecule has 0 aliphatic heterocycles. The number of hydrogen-bond acceptors (Lipinski definition) is 5. The zero-order valence-electron chi connectivity index (χ0n) is 20.0. The van der Waals surface area contributed by atoms with E-state index in [4.69, 9.17) is 0 Å². The van der Waals surface area contributed by atoms with Gasteiger partial charge >= 0.3 is 5.97 Å². The number of carbonyl (C=O) groups is 2. The van der Waals surface area contributed by atoms with E-state index < -0.39 is 5.97 Å². The molecule has 0 saturated heterocycles. The Hall–Kier alpha value is -3.09. The molecule has 3 N–H and O–H groups in total. The molecule has 1 aromatic carbocycles. The molecule has 32 heavy (non-hydrogen) atoms. The molecular formula is C25H36N4O3. The Balaban J connectivity index is 2.43. The summed E-state index contributed by atoms with van der Waals surface area (Å²) in [7, 11) is 0. The minimum atomic E-state index is -0.812. The van der Waals surface area contributed by atoms with E-state index in [2.05, 4.69) is 54.3 Å². The van der Waals surface area contributed by atoms with Gasteiger partial charge in [-0.05, 0) is 47.6 Å². The van der Waals surface area contributed by atoms with Crippen LogP contribution in [0.3, 0.4) is 0 Å². The molecule has 1 aromatic heterocycles. The molecule has 1 amide bonds. The number of hydrogen-bond donors (Lipinski definition) is 3. The maximum Gasteiger partial charge on any atom is 0.303 e. The number of amides is 1. The fourth-order valence-electron chi connectivity index (χ4n) is 3.65. The van der Waals surface area contributed by atoms with Crippen LogP contribution in [0.4, 0.5) is 22.9 Å². The highest BCUT2D eigenvalue weighted by molar-refractivity contribution is 5.88. The molecule has 0 aliphatic rings. The molecular weight excluding hydrogens is 404 g/mol. The summed E-state index contributed by atoms with van der Waals surface area (Å²) in [4.78, 5) is 29.3. The second kappa shape index (κ2) is 11.5. The van der Waals surface area contributed by atoms with Gasteiger partial charge in [0.25, 0.3) is 0 Å². The van der Waals surface area contributed by atoms with E-state index in [9.17, 15) is 14.7 Å². The first-order valence-electron chi connectivity index (χ1n) is 11.2. The van der Waals surface area contributed by atoms with Crippen molar-refractivity contribution in [2.45, 2.75) is 53.9 Å². The van der Waals surface area contributed by atoms with Crippen molar-refractivity contribution in [1.82, 2.24) is 4.98 Å². The summed E-state index contributed by atoms with van der Waals surface area (Å²) in [5.74, 6) is 0.559. The first-order valence-corrected chi connectivity index (χ1v) is 11.2. The Bertz CT molecular complexity index is 900. The Kier molecular flexibility index (Phi) is 9.05. The predicted octanol–water partition coefficient (Wildman–Crippen LogP) is 5.48. The number of carboxylic acids is 1. The SMILES string of the molecule is CC(=O)Nc1ccc(Nc2cc(C(C)CC(=O)O)ccc2N(CC(C)C)CC(C)C)nc1. The number of nitrogens with zero attached hydrogens (tertiary/aromatic N) is 2. The van der Waals surface area contributed by atoms with Crippen molar-refractivity contribution < 1.29 is 14.7 Å². The molecule has 0 radical (unpaired) electrons. The molecule has 1 unspecified atom stereocenters. The van der Waals surface area contributed by atoms with Gasteiger partial charge in [-0.25, -0.2) is 4.98 Å². The Morgan fingerprint density at radius 1 is 1.03 bits per heavy atom. The van der Waals surface area contributed by atoms with E-state index >= 15 is 0 Å². The van der Waals surface area contributed by atoms with Gasteiger partial charge in [0.05, 0.1) is 29.7 Å². The number of anilines is 4. The van der Waals surface area contributed by atoms with Crippen molar-refractivity contribution >= 4 is 34.8 Å². The van der Waals surface area contributed by atoms with E-state index in [1.54, 1.807) is 12.3 Å². The second-order valence-electron chi connectivity index (χ2n) is 9.21. The highest BCUT2D eigenvalue weighted by Gasteiger charge is 2.18. The number of carbonyl (C=O) groups excluding carboxylic acids is 1.